The van der Waals surface area contributed by atoms with Crippen LogP contribution in [0.4, 0.5) is 5.69 Å². The summed E-state index contributed by atoms with van der Waals surface area (Å²) in [5, 5.41) is 5.63. The van der Waals surface area contributed by atoms with Crippen LogP contribution in [-0.4, -0.2) is 13.0 Å². The van der Waals surface area contributed by atoms with E-state index >= 15 is 0 Å². The van der Waals surface area contributed by atoms with E-state index in [1.807, 2.05) is 53.9 Å². The summed E-state index contributed by atoms with van der Waals surface area (Å²) >= 11 is 7.60. The molecule has 4 nitrogen and oxygen atoms in total. The van der Waals surface area contributed by atoms with E-state index in [2.05, 4.69) is 5.32 Å². The Morgan fingerprint density at radius 2 is 2.00 bits per heavy atom. The molecule has 0 saturated carbocycles. The van der Waals surface area contributed by atoms with Gasteiger partial charge in [0.25, 0.3) is 0 Å². The molecular formula is C21H18ClNO3S. The summed E-state index contributed by atoms with van der Waals surface area (Å²) in [6, 6.07) is 15.3. The fraction of sp³-hybridized carbons (Fsp3) is 0.190. The van der Waals surface area contributed by atoms with Gasteiger partial charge < -0.3 is 14.8 Å². The lowest BCUT2D eigenvalue weighted by atomic mass is 9.89. The largest absolute Gasteiger partial charge is 0.493 e. The van der Waals surface area contributed by atoms with Crippen molar-refractivity contribution >= 4 is 34.5 Å². The van der Waals surface area contributed by atoms with Crippen LogP contribution in [0.1, 0.15) is 28.3 Å². The van der Waals surface area contributed by atoms with Gasteiger partial charge in [0, 0.05) is 27.8 Å². The lowest BCUT2D eigenvalue weighted by Crippen LogP contribution is -2.22. The molecule has 0 bridgehead atoms. The summed E-state index contributed by atoms with van der Waals surface area (Å²) < 4.78 is 11.7. The minimum atomic E-state index is -0.0518. The number of benzene rings is 2. The second kappa shape index (κ2) is 7.62. The van der Waals surface area contributed by atoms with E-state index < -0.39 is 0 Å². The molecule has 0 aliphatic carbocycles. The van der Waals surface area contributed by atoms with Crippen molar-refractivity contribution in [2.45, 2.75) is 18.9 Å². The molecule has 0 saturated heterocycles. The van der Waals surface area contributed by atoms with Gasteiger partial charge in [-0.2, -0.15) is 0 Å². The number of carbonyl (C=O) groups is 1. The van der Waals surface area contributed by atoms with Crippen LogP contribution in [-0.2, 0) is 11.4 Å². The monoisotopic (exact) mass is 399 g/mol. The molecule has 1 aliphatic rings. The van der Waals surface area contributed by atoms with Crippen LogP contribution in [0, 0.1) is 0 Å². The van der Waals surface area contributed by atoms with Crippen molar-refractivity contribution < 1.29 is 14.3 Å². The molecule has 0 unspecified atom stereocenters. The van der Waals surface area contributed by atoms with Gasteiger partial charge in [-0.05, 0) is 35.2 Å². The highest BCUT2D eigenvalue weighted by molar-refractivity contribution is 7.10. The summed E-state index contributed by atoms with van der Waals surface area (Å²) in [5.41, 5.74) is 2.85. The molecule has 0 fully saturated rings. The maximum atomic E-state index is 12.2. The first-order chi connectivity index (χ1) is 13.2. The molecule has 1 N–H and O–H groups in total. The van der Waals surface area contributed by atoms with Crippen molar-refractivity contribution in [1.82, 2.24) is 0 Å². The van der Waals surface area contributed by atoms with Gasteiger partial charge in [0.05, 0.1) is 12.8 Å². The van der Waals surface area contributed by atoms with Gasteiger partial charge >= 0.3 is 0 Å². The summed E-state index contributed by atoms with van der Waals surface area (Å²) in [4.78, 5) is 13.3. The van der Waals surface area contributed by atoms with E-state index in [-0.39, 0.29) is 11.8 Å². The molecule has 27 heavy (non-hydrogen) atoms. The average Bonchev–Trinajstić information content (AvgIpc) is 3.15. The number of halogens is 1. The minimum absolute atomic E-state index is 0.0115. The third kappa shape index (κ3) is 3.66. The van der Waals surface area contributed by atoms with E-state index in [1.54, 1.807) is 18.4 Å². The maximum absolute atomic E-state index is 12.2. The summed E-state index contributed by atoms with van der Waals surface area (Å²) in [6.07, 6.45) is 0.387. The third-order valence-electron chi connectivity index (χ3n) is 4.58. The molecule has 1 aromatic heterocycles. The van der Waals surface area contributed by atoms with Crippen LogP contribution >= 0.6 is 22.9 Å². The van der Waals surface area contributed by atoms with Gasteiger partial charge in [-0.1, -0.05) is 35.9 Å². The quantitative estimate of drug-likeness (QED) is 0.619. The highest BCUT2D eigenvalue weighted by Crippen LogP contribution is 2.46. The average molecular weight is 400 g/mol. The van der Waals surface area contributed by atoms with Crippen molar-refractivity contribution in [3.8, 4) is 11.5 Å². The number of nitrogens with one attached hydrogen (secondary N) is 1. The number of amides is 1. The van der Waals surface area contributed by atoms with Gasteiger partial charge in [-0.3, -0.25) is 4.79 Å². The van der Waals surface area contributed by atoms with E-state index in [4.69, 9.17) is 21.1 Å². The topological polar surface area (TPSA) is 47.6 Å². The number of para-hydroxylation sites is 1. The number of anilines is 1. The van der Waals surface area contributed by atoms with E-state index in [9.17, 15) is 4.79 Å². The Hall–Kier alpha value is -2.50. The van der Waals surface area contributed by atoms with Crippen molar-refractivity contribution in [3.63, 3.8) is 0 Å². The second-order valence-corrected chi connectivity index (χ2v) is 7.68. The Labute approximate surface area is 166 Å². The Kier molecular flexibility index (Phi) is 5.05. The molecule has 3 aromatic rings. The molecule has 0 spiro atoms. The number of methoxy groups -OCH3 is 1. The number of hydrogen-bond donors (Lipinski definition) is 1. The summed E-state index contributed by atoms with van der Waals surface area (Å²) in [6.45, 7) is 0.390. The number of carbonyl (C=O) groups excluding carboxylic acids is 1. The van der Waals surface area contributed by atoms with Crippen molar-refractivity contribution in [2.75, 3.05) is 12.4 Å². The van der Waals surface area contributed by atoms with E-state index in [1.165, 1.54) is 0 Å². The van der Waals surface area contributed by atoms with E-state index in [0.717, 1.165) is 21.7 Å². The normalized spacial score (nSPS) is 15.8. The zero-order valence-corrected chi connectivity index (χ0v) is 16.3. The number of thiophene rings is 1. The zero-order chi connectivity index (χ0) is 18.8. The summed E-state index contributed by atoms with van der Waals surface area (Å²) in [5.74, 6) is 1.29. The van der Waals surface area contributed by atoms with Gasteiger partial charge in [0.2, 0.25) is 5.91 Å². The van der Waals surface area contributed by atoms with Crippen LogP contribution in [0.2, 0.25) is 5.02 Å². The Morgan fingerprint density at radius 1 is 1.19 bits per heavy atom. The lowest BCUT2D eigenvalue weighted by Gasteiger charge is -2.25. The van der Waals surface area contributed by atoms with Gasteiger partial charge in [0.15, 0.2) is 11.5 Å². The lowest BCUT2D eigenvalue weighted by molar-refractivity contribution is -0.116. The fourth-order valence-electron chi connectivity index (χ4n) is 3.28. The molecule has 6 heteroatoms. The third-order valence-corrected chi connectivity index (χ3v) is 5.86. The van der Waals surface area contributed by atoms with E-state index in [0.29, 0.717) is 29.5 Å². The fourth-order valence-corrected chi connectivity index (χ4v) is 4.38. The molecule has 2 aromatic carbocycles. The SMILES string of the molecule is COc1cccc([C@H]2CC(=O)Nc3ccsc32)c1OCc1ccc(Cl)cc1. The summed E-state index contributed by atoms with van der Waals surface area (Å²) in [7, 11) is 1.62. The first kappa shape index (κ1) is 17.9. The van der Waals surface area contributed by atoms with Gasteiger partial charge in [-0.15, -0.1) is 11.3 Å². The number of ether oxygens (including phenoxy) is 2. The Bertz CT molecular complexity index is 968. The Morgan fingerprint density at radius 3 is 2.78 bits per heavy atom. The minimum Gasteiger partial charge on any atom is -0.493 e. The number of hydrogen-bond acceptors (Lipinski definition) is 4. The molecule has 1 aliphatic heterocycles. The van der Waals surface area contributed by atoms with Crippen molar-refractivity contribution in [3.05, 3.63) is 74.9 Å². The Balaban J connectivity index is 1.69. The van der Waals surface area contributed by atoms with Gasteiger partial charge in [0.1, 0.15) is 6.61 Å². The maximum Gasteiger partial charge on any atom is 0.225 e. The van der Waals surface area contributed by atoms with Crippen LogP contribution in [0.15, 0.2) is 53.9 Å². The zero-order valence-electron chi connectivity index (χ0n) is 14.7. The van der Waals surface area contributed by atoms with Gasteiger partial charge in [-0.25, -0.2) is 0 Å². The van der Waals surface area contributed by atoms with Crippen LogP contribution < -0.4 is 14.8 Å². The van der Waals surface area contributed by atoms with Crippen molar-refractivity contribution in [2.24, 2.45) is 0 Å². The van der Waals surface area contributed by atoms with Crippen molar-refractivity contribution in [1.29, 1.82) is 0 Å². The molecule has 1 amide bonds. The molecule has 2 heterocycles. The second-order valence-electron chi connectivity index (χ2n) is 6.30. The molecule has 138 valence electrons. The standard InChI is InChI=1S/C21H18ClNO3S/c1-25-18-4-2-3-15(16-11-19(24)23-17-9-10-27-21(16)17)20(18)26-12-13-5-7-14(22)8-6-13/h2-10,16H,11-12H2,1H3,(H,23,24)/t16-/m1/s1. The predicted molar refractivity (Wildman–Crippen MR) is 108 cm³/mol. The highest BCUT2D eigenvalue weighted by atomic mass is 35.5. The molecule has 1 atom stereocenters. The molecule has 4 rings (SSSR count). The smallest absolute Gasteiger partial charge is 0.225 e. The molecule has 0 radical (unpaired) electrons. The van der Waals surface area contributed by atoms with Crippen LogP contribution in [0.3, 0.4) is 0 Å². The van der Waals surface area contributed by atoms with Crippen LogP contribution in [0.25, 0.3) is 0 Å². The predicted octanol–water partition coefficient (Wildman–Crippen LogP) is 5.46. The van der Waals surface area contributed by atoms with Crippen LogP contribution in [0.5, 0.6) is 11.5 Å². The first-order valence-corrected chi connectivity index (χ1v) is 9.83. The highest BCUT2D eigenvalue weighted by Gasteiger charge is 2.30. The number of fused-ring (bicyclic) bond motifs is 1. The molecular weight excluding hydrogens is 382 g/mol. The first-order valence-electron chi connectivity index (χ1n) is 8.57. The number of rotatable bonds is 5.